The molecule has 6 heteroatoms. The highest BCUT2D eigenvalue weighted by Crippen LogP contribution is 2.24. The molecule has 23 heavy (non-hydrogen) atoms. The maximum Gasteiger partial charge on any atom is 0.254 e. The number of hydrogen-bond acceptors (Lipinski definition) is 3. The molecule has 2 N–H and O–H groups in total. The minimum absolute atomic E-state index is 0.0419. The molecule has 0 bridgehead atoms. The Bertz CT molecular complexity index is 682. The lowest BCUT2D eigenvalue weighted by Gasteiger charge is -2.15. The van der Waals surface area contributed by atoms with Gasteiger partial charge in [-0.1, -0.05) is 31.5 Å². The summed E-state index contributed by atoms with van der Waals surface area (Å²) in [4.78, 5) is 12.5. The van der Waals surface area contributed by atoms with Gasteiger partial charge in [0.15, 0.2) is 0 Å². The number of carbonyl (C=O) groups excluding carboxylic acids is 1. The Balaban J connectivity index is 2.37. The van der Waals surface area contributed by atoms with E-state index in [1.807, 2.05) is 39.0 Å². The van der Waals surface area contributed by atoms with Gasteiger partial charge in [-0.2, -0.15) is 5.10 Å². The second-order valence-corrected chi connectivity index (χ2v) is 6.31. The standard InChI is InChI=1S/C17H22ClN3O2/c1-11(2)16-15(17(23)20-12(3)7-8-22)10-19-21(16)14-6-4-5-13(18)9-14/h4-6,9-12,22H,7-8H2,1-3H3,(H,20,23). The first-order valence-corrected chi connectivity index (χ1v) is 8.07. The fraction of sp³-hybridized carbons (Fsp3) is 0.412. The largest absolute Gasteiger partial charge is 0.396 e. The van der Waals surface area contributed by atoms with Crippen molar-refractivity contribution in [3.8, 4) is 5.69 Å². The van der Waals surface area contributed by atoms with Gasteiger partial charge in [0.1, 0.15) is 0 Å². The van der Waals surface area contributed by atoms with Gasteiger partial charge < -0.3 is 10.4 Å². The normalized spacial score (nSPS) is 12.4. The highest BCUT2D eigenvalue weighted by molar-refractivity contribution is 6.30. The predicted molar refractivity (Wildman–Crippen MR) is 91.3 cm³/mol. The number of nitrogens with one attached hydrogen (secondary N) is 1. The Morgan fingerprint density at radius 1 is 1.39 bits per heavy atom. The zero-order valence-electron chi connectivity index (χ0n) is 13.6. The number of aromatic nitrogens is 2. The molecular weight excluding hydrogens is 314 g/mol. The summed E-state index contributed by atoms with van der Waals surface area (Å²) in [5.41, 5.74) is 2.20. The molecule has 1 aromatic heterocycles. The number of hydrogen-bond donors (Lipinski definition) is 2. The molecule has 5 nitrogen and oxygen atoms in total. The number of rotatable bonds is 6. The fourth-order valence-electron chi connectivity index (χ4n) is 2.47. The average molecular weight is 336 g/mol. The third kappa shape index (κ3) is 4.12. The summed E-state index contributed by atoms with van der Waals surface area (Å²) in [5.74, 6) is -0.0618. The molecule has 0 saturated heterocycles. The zero-order valence-corrected chi connectivity index (χ0v) is 14.3. The number of carbonyl (C=O) groups is 1. The molecule has 1 atom stereocenters. The summed E-state index contributed by atoms with van der Waals surface area (Å²) in [6.07, 6.45) is 2.10. The molecule has 2 rings (SSSR count). The maximum atomic E-state index is 12.5. The van der Waals surface area contributed by atoms with Crippen LogP contribution < -0.4 is 5.32 Å². The molecule has 0 radical (unpaired) electrons. The van der Waals surface area contributed by atoms with Crippen molar-refractivity contribution >= 4 is 17.5 Å². The Morgan fingerprint density at radius 3 is 2.74 bits per heavy atom. The number of benzene rings is 1. The molecule has 1 amide bonds. The van der Waals surface area contributed by atoms with Gasteiger partial charge in [0.2, 0.25) is 0 Å². The van der Waals surface area contributed by atoms with Crippen molar-refractivity contribution in [2.24, 2.45) is 0 Å². The molecule has 0 fully saturated rings. The minimum Gasteiger partial charge on any atom is -0.396 e. The highest BCUT2D eigenvalue weighted by Gasteiger charge is 2.21. The predicted octanol–water partition coefficient (Wildman–Crippen LogP) is 3.15. The van der Waals surface area contributed by atoms with Gasteiger partial charge in [-0.3, -0.25) is 4.79 Å². The summed E-state index contributed by atoms with van der Waals surface area (Å²) < 4.78 is 1.75. The van der Waals surface area contributed by atoms with Crippen LogP contribution in [0.5, 0.6) is 0 Å². The first-order valence-electron chi connectivity index (χ1n) is 7.69. The molecule has 0 spiro atoms. The van der Waals surface area contributed by atoms with Gasteiger partial charge in [-0.25, -0.2) is 4.68 Å². The van der Waals surface area contributed by atoms with Gasteiger partial charge >= 0.3 is 0 Å². The number of amides is 1. The molecule has 0 aliphatic heterocycles. The molecule has 124 valence electrons. The van der Waals surface area contributed by atoms with Crippen molar-refractivity contribution in [1.82, 2.24) is 15.1 Å². The topological polar surface area (TPSA) is 67.2 Å². The van der Waals surface area contributed by atoms with Gasteiger partial charge in [0.25, 0.3) is 5.91 Å². The van der Waals surface area contributed by atoms with E-state index in [2.05, 4.69) is 10.4 Å². The maximum absolute atomic E-state index is 12.5. The Labute approximate surface area is 141 Å². The van der Waals surface area contributed by atoms with Crippen LogP contribution in [0, 0.1) is 0 Å². The zero-order chi connectivity index (χ0) is 17.0. The van der Waals surface area contributed by atoms with Gasteiger partial charge in [0, 0.05) is 17.7 Å². The van der Waals surface area contributed by atoms with Crippen LogP contribution in [-0.4, -0.2) is 33.4 Å². The Hall–Kier alpha value is -1.85. The summed E-state index contributed by atoms with van der Waals surface area (Å²) in [6.45, 7) is 5.95. The van der Waals surface area contributed by atoms with Crippen LogP contribution in [-0.2, 0) is 0 Å². The number of nitrogens with zero attached hydrogens (tertiary/aromatic N) is 2. The molecule has 0 aliphatic rings. The Kier molecular flexibility index (Phi) is 5.80. The van der Waals surface area contributed by atoms with E-state index in [0.29, 0.717) is 17.0 Å². The van der Waals surface area contributed by atoms with Crippen molar-refractivity contribution in [2.45, 2.75) is 39.2 Å². The first-order chi connectivity index (χ1) is 10.9. The van der Waals surface area contributed by atoms with Crippen LogP contribution in [0.25, 0.3) is 5.69 Å². The van der Waals surface area contributed by atoms with Crippen molar-refractivity contribution < 1.29 is 9.90 Å². The monoisotopic (exact) mass is 335 g/mol. The molecular formula is C17H22ClN3O2. The van der Waals surface area contributed by atoms with Gasteiger partial charge in [-0.15, -0.1) is 0 Å². The van der Waals surface area contributed by atoms with E-state index in [9.17, 15) is 4.79 Å². The van der Waals surface area contributed by atoms with Crippen molar-refractivity contribution in [3.05, 3.63) is 46.7 Å². The van der Waals surface area contributed by atoms with E-state index in [0.717, 1.165) is 11.4 Å². The van der Waals surface area contributed by atoms with E-state index < -0.39 is 0 Å². The quantitative estimate of drug-likeness (QED) is 0.852. The van der Waals surface area contributed by atoms with Crippen molar-refractivity contribution in [2.75, 3.05) is 6.61 Å². The molecule has 0 aliphatic carbocycles. The minimum atomic E-state index is -0.178. The number of halogens is 1. The van der Waals surface area contributed by atoms with Crippen LogP contribution in [0.15, 0.2) is 30.5 Å². The van der Waals surface area contributed by atoms with E-state index in [1.54, 1.807) is 16.9 Å². The van der Waals surface area contributed by atoms with Crippen LogP contribution in [0.2, 0.25) is 5.02 Å². The van der Waals surface area contributed by atoms with Crippen molar-refractivity contribution in [3.63, 3.8) is 0 Å². The third-order valence-corrected chi connectivity index (χ3v) is 3.83. The lowest BCUT2D eigenvalue weighted by molar-refractivity contribution is 0.0933. The molecule has 2 aromatic rings. The van der Waals surface area contributed by atoms with Gasteiger partial charge in [-0.05, 0) is 37.5 Å². The van der Waals surface area contributed by atoms with Crippen molar-refractivity contribution in [1.29, 1.82) is 0 Å². The SMILES string of the molecule is CC(CCO)NC(=O)c1cnn(-c2cccc(Cl)c2)c1C(C)C. The molecule has 0 saturated carbocycles. The van der Waals surface area contributed by atoms with E-state index >= 15 is 0 Å². The lowest BCUT2D eigenvalue weighted by Crippen LogP contribution is -2.33. The molecule has 1 heterocycles. The summed E-state index contributed by atoms with van der Waals surface area (Å²) >= 11 is 6.06. The summed E-state index contributed by atoms with van der Waals surface area (Å²) in [6, 6.07) is 7.28. The van der Waals surface area contributed by atoms with E-state index in [1.165, 1.54) is 0 Å². The second kappa shape index (κ2) is 7.62. The molecule has 1 aromatic carbocycles. The van der Waals surface area contributed by atoms with Gasteiger partial charge in [0.05, 0.1) is 23.1 Å². The summed E-state index contributed by atoms with van der Waals surface area (Å²) in [5, 5.41) is 16.8. The van der Waals surface area contributed by atoms with Crippen LogP contribution >= 0.6 is 11.6 Å². The fourth-order valence-corrected chi connectivity index (χ4v) is 2.65. The molecule has 1 unspecified atom stereocenters. The third-order valence-electron chi connectivity index (χ3n) is 3.59. The van der Waals surface area contributed by atoms with Crippen LogP contribution in [0.3, 0.4) is 0 Å². The first kappa shape index (κ1) is 17.5. The second-order valence-electron chi connectivity index (χ2n) is 5.88. The Morgan fingerprint density at radius 2 is 2.13 bits per heavy atom. The average Bonchev–Trinajstić information content (AvgIpc) is 2.92. The van der Waals surface area contributed by atoms with Crippen LogP contribution in [0.4, 0.5) is 0 Å². The number of aliphatic hydroxyl groups excluding tert-OH is 1. The summed E-state index contributed by atoms with van der Waals surface area (Å²) in [7, 11) is 0. The van der Waals surface area contributed by atoms with E-state index in [-0.39, 0.29) is 24.5 Å². The lowest BCUT2D eigenvalue weighted by atomic mass is 10.0. The smallest absolute Gasteiger partial charge is 0.254 e. The number of aliphatic hydroxyl groups is 1. The highest BCUT2D eigenvalue weighted by atomic mass is 35.5. The van der Waals surface area contributed by atoms with Crippen LogP contribution in [0.1, 0.15) is 49.2 Å². The van der Waals surface area contributed by atoms with E-state index in [4.69, 9.17) is 16.7 Å².